The Balaban J connectivity index is 2.60. The lowest BCUT2D eigenvalue weighted by atomic mass is 10.1. The zero-order valence-corrected chi connectivity index (χ0v) is 13.6. The summed E-state index contributed by atoms with van der Waals surface area (Å²) in [6.45, 7) is 0. The van der Waals surface area contributed by atoms with Crippen molar-refractivity contribution in [3.63, 3.8) is 0 Å². The first kappa shape index (κ1) is 20.1. The minimum atomic E-state index is -6.16. The fraction of sp³-hybridized carbons (Fsp3) is 0.167. The number of benzene rings is 2. The summed E-state index contributed by atoms with van der Waals surface area (Å²) in [6.07, 6.45) is 0. The monoisotopic (exact) mass is 424 g/mol. The number of alkyl halides is 6. The van der Waals surface area contributed by atoms with Crippen molar-refractivity contribution in [2.24, 2.45) is 0 Å². The second-order valence-electron chi connectivity index (χ2n) is 4.61. The summed E-state index contributed by atoms with van der Waals surface area (Å²) in [4.78, 5) is 0. The average Bonchev–Trinajstić information content (AvgIpc) is 2.44. The van der Waals surface area contributed by atoms with Gasteiger partial charge >= 0.3 is 31.3 Å². The molecule has 0 saturated heterocycles. The molecule has 2 aromatic carbocycles. The van der Waals surface area contributed by atoms with Crippen molar-refractivity contribution in [2.45, 2.75) is 11.0 Å². The van der Waals surface area contributed by atoms with Gasteiger partial charge in [-0.15, -0.1) is 0 Å². The van der Waals surface area contributed by atoms with Gasteiger partial charge in [0, 0.05) is 11.5 Å². The van der Waals surface area contributed by atoms with Crippen LogP contribution in [0, 0.1) is 0 Å². The summed E-state index contributed by atoms with van der Waals surface area (Å²) in [7, 11) is -12.3. The predicted molar refractivity (Wildman–Crippen MR) is 75.2 cm³/mol. The van der Waals surface area contributed by atoms with Gasteiger partial charge in [-0.3, -0.25) is 0 Å². The number of fused-ring (bicyclic) bond motifs is 1. The summed E-state index contributed by atoms with van der Waals surface area (Å²) < 4.78 is 127. The molecule has 0 aromatic heterocycles. The third-order valence-electron chi connectivity index (χ3n) is 2.77. The molecule has 0 N–H and O–H groups in total. The Morgan fingerprint density at radius 2 is 1.23 bits per heavy atom. The van der Waals surface area contributed by atoms with E-state index in [1.54, 1.807) is 0 Å². The van der Waals surface area contributed by atoms with Gasteiger partial charge in [0.05, 0.1) is 0 Å². The molecular formula is C12H6F6O6S2. The van der Waals surface area contributed by atoms with E-state index >= 15 is 0 Å². The highest BCUT2D eigenvalue weighted by atomic mass is 32.2. The molecule has 14 heteroatoms. The van der Waals surface area contributed by atoms with Crippen molar-refractivity contribution in [1.29, 1.82) is 0 Å². The molecule has 0 atom stereocenters. The largest absolute Gasteiger partial charge is 0.534 e. The van der Waals surface area contributed by atoms with Crippen molar-refractivity contribution in [3.8, 4) is 11.5 Å². The quantitative estimate of drug-likeness (QED) is 0.425. The molecule has 26 heavy (non-hydrogen) atoms. The molecule has 0 aliphatic rings. The Morgan fingerprint density at radius 3 is 1.77 bits per heavy atom. The maximum Gasteiger partial charge on any atom is 0.534 e. The van der Waals surface area contributed by atoms with Crippen LogP contribution >= 0.6 is 0 Å². The SMILES string of the molecule is O=S(=O)(Oc1cc(OS(=O)(=O)C(F)(F)F)c2ccccc2c1)C(F)(F)F. The molecule has 0 aliphatic carbocycles. The van der Waals surface area contributed by atoms with Gasteiger partial charge in [0.2, 0.25) is 0 Å². The number of hydrogen-bond donors (Lipinski definition) is 0. The third kappa shape index (κ3) is 3.95. The molecule has 6 nitrogen and oxygen atoms in total. The van der Waals surface area contributed by atoms with Crippen molar-refractivity contribution in [2.75, 3.05) is 0 Å². The van der Waals surface area contributed by atoms with Gasteiger partial charge in [0.15, 0.2) is 5.75 Å². The van der Waals surface area contributed by atoms with E-state index in [9.17, 15) is 43.2 Å². The van der Waals surface area contributed by atoms with Crippen LogP contribution in [0.3, 0.4) is 0 Å². The highest BCUT2D eigenvalue weighted by Gasteiger charge is 2.50. The lowest BCUT2D eigenvalue weighted by molar-refractivity contribution is -0.0502. The Morgan fingerprint density at radius 1 is 0.731 bits per heavy atom. The van der Waals surface area contributed by atoms with E-state index in [0.29, 0.717) is 0 Å². The third-order valence-corrected chi connectivity index (χ3v) is 4.71. The maximum atomic E-state index is 12.5. The van der Waals surface area contributed by atoms with Crippen LogP contribution in [-0.2, 0) is 20.2 Å². The maximum absolute atomic E-state index is 12.5. The molecule has 2 rings (SSSR count). The first-order chi connectivity index (χ1) is 11.6. The summed E-state index contributed by atoms with van der Waals surface area (Å²) in [5.74, 6) is -2.15. The van der Waals surface area contributed by atoms with Gasteiger partial charge in [-0.2, -0.15) is 43.2 Å². The Bertz CT molecular complexity index is 1040. The molecular weight excluding hydrogens is 418 g/mol. The lowest BCUT2D eigenvalue weighted by Gasteiger charge is -2.14. The molecule has 0 unspecified atom stereocenters. The zero-order chi connectivity index (χ0) is 20.0. The Hall–Kier alpha value is -2.22. The van der Waals surface area contributed by atoms with E-state index in [2.05, 4.69) is 8.37 Å². The van der Waals surface area contributed by atoms with Crippen LogP contribution in [0.25, 0.3) is 10.8 Å². The molecule has 0 fully saturated rings. The van der Waals surface area contributed by atoms with E-state index in [-0.39, 0.29) is 16.8 Å². The fourth-order valence-electron chi connectivity index (χ4n) is 1.71. The molecule has 0 radical (unpaired) electrons. The molecule has 0 bridgehead atoms. The Kier molecular flexibility index (Phi) is 4.78. The highest BCUT2D eigenvalue weighted by Crippen LogP contribution is 2.36. The van der Waals surface area contributed by atoms with Crippen LogP contribution < -0.4 is 8.37 Å². The van der Waals surface area contributed by atoms with Crippen LogP contribution in [0.5, 0.6) is 11.5 Å². The molecule has 0 spiro atoms. The van der Waals surface area contributed by atoms with Crippen molar-refractivity contribution >= 4 is 31.0 Å². The standard InChI is InChI=1S/C12H6F6O6S2/c13-11(14,15)25(19,20)23-8-5-7-3-1-2-4-9(7)10(6-8)24-26(21,22)12(16,17)18/h1-6H. The summed E-state index contributed by atoms with van der Waals surface area (Å²) in [5, 5.41) is -0.369. The van der Waals surface area contributed by atoms with E-state index in [1.807, 2.05) is 0 Å². The van der Waals surface area contributed by atoms with E-state index in [4.69, 9.17) is 0 Å². The molecule has 0 amide bonds. The Labute approximate surface area is 142 Å². The summed E-state index contributed by atoms with van der Waals surface area (Å²) in [5.41, 5.74) is -11.6. The minimum absolute atomic E-state index is 0.130. The van der Waals surface area contributed by atoms with Crippen molar-refractivity contribution in [1.82, 2.24) is 0 Å². The number of hydrogen-bond acceptors (Lipinski definition) is 6. The van der Waals surface area contributed by atoms with Crippen molar-refractivity contribution < 1.29 is 51.5 Å². The van der Waals surface area contributed by atoms with Crippen LogP contribution in [-0.4, -0.2) is 27.9 Å². The van der Waals surface area contributed by atoms with E-state index < -0.39 is 42.8 Å². The number of rotatable bonds is 4. The van der Waals surface area contributed by atoms with Gasteiger partial charge in [-0.25, -0.2) is 0 Å². The molecule has 0 aliphatic heterocycles. The zero-order valence-electron chi connectivity index (χ0n) is 12.0. The van der Waals surface area contributed by atoms with Crippen LogP contribution in [0.15, 0.2) is 36.4 Å². The van der Waals surface area contributed by atoms with Crippen LogP contribution in [0.2, 0.25) is 0 Å². The normalized spacial score (nSPS) is 13.6. The molecule has 144 valence electrons. The van der Waals surface area contributed by atoms with Gasteiger partial charge in [-0.1, -0.05) is 24.3 Å². The van der Waals surface area contributed by atoms with E-state index in [1.165, 1.54) is 12.1 Å². The minimum Gasteiger partial charge on any atom is -0.376 e. The lowest BCUT2D eigenvalue weighted by Crippen LogP contribution is -2.29. The highest BCUT2D eigenvalue weighted by molar-refractivity contribution is 7.88. The predicted octanol–water partition coefficient (Wildman–Crippen LogP) is 3.30. The van der Waals surface area contributed by atoms with Gasteiger partial charge in [-0.05, 0) is 11.5 Å². The summed E-state index contributed by atoms with van der Waals surface area (Å²) >= 11 is 0. The van der Waals surface area contributed by atoms with Gasteiger partial charge in [0.25, 0.3) is 0 Å². The van der Waals surface area contributed by atoms with Crippen LogP contribution in [0.4, 0.5) is 26.3 Å². The van der Waals surface area contributed by atoms with Crippen molar-refractivity contribution in [3.05, 3.63) is 36.4 Å². The summed E-state index contributed by atoms with van der Waals surface area (Å²) in [6, 6.07) is 5.91. The molecule has 2 aromatic rings. The number of halogens is 6. The molecule has 0 heterocycles. The topological polar surface area (TPSA) is 86.7 Å². The second kappa shape index (κ2) is 6.19. The second-order valence-corrected chi connectivity index (χ2v) is 7.68. The first-order valence-corrected chi connectivity index (χ1v) is 9.00. The average molecular weight is 424 g/mol. The van der Waals surface area contributed by atoms with Gasteiger partial charge in [0.1, 0.15) is 5.75 Å². The van der Waals surface area contributed by atoms with Crippen LogP contribution in [0.1, 0.15) is 0 Å². The smallest absolute Gasteiger partial charge is 0.376 e. The first-order valence-electron chi connectivity index (χ1n) is 6.18. The molecule has 0 saturated carbocycles. The van der Waals surface area contributed by atoms with E-state index in [0.717, 1.165) is 18.2 Å². The van der Waals surface area contributed by atoms with Gasteiger partial charge < -0.3 is 8.37 Å². The fourth-order valence-corrected chi connectivity index (χ4v) is 2.62.